The van der Waals surface area contributed by atoms with Gasteiger partial charge in [-0.3, -0.25) is 4.79 Å². The summed E-state index contributed by atoms with van der Waals surface area (Å²) >= 11 is 5.75. The molecule has 6 heteroatoms. The molecule has 0 aliphatic rings. The first-order chi connectivity index (χ1) is 7.93. The second kappa shape index (κ2) is 5.75. The predicted molar refractivity (Wildman–Crippen MR) is 65.7 cm³/mol. The summed E-state index contributed by atoms with van der Waals surface area (Å²) in [6.07, 6.45) is 0. The first kappa shape index (κ1) is 13.6. The van der Waals surface area contributed by atoms with Crippen LogP contribution in [0.5, 0.6) is 11.5 Å². The van der Waals surface area contributed by atoms with Crippen LogP contribution in [0.2, 0.25) is 5.02 Å². The van der Waals surface area contributed by atoms with Crippen LogP contribution < -0.4 is 5.32 Å². The van der Waals surface area contributed by atoms with Gasteiger partial charge < -0.3 is 20.4 Å². The molecule has 0 bridgehead atoms. The molecule has 0 aliphatic heterocycles. The standard InChI is InChI=1S/C11H15ClN2O3/c1-14(2)6-5-13-11(17)7-3-4-8(15)10(16)9(7)12/h3-4,15-16H,5-6H2,1-2H3,(H,13,17). The fourth-order valence-corrected chi connectivity index (χ4v) is 1.46. The SMILES string of the molecule is CN(C)CCNC(=O)c1ccc(O)c(O)c1Cl. The summed E-state index contributed by atoms with van der Waals surface area (Å²) in [6, 6.07) is 2.59. The maximum atomic E-state index is 11.7. The molecule has 5 nitrogen and oxygen atoms in total. The molecule has 1 amide bonds. The van der Waals surface area contributed by atoms with Gasteiger partial charge in [-0.2, -0.15) is 0 Å². The van der Waals surface area contributed by atoms with Crippen LogP contribution in [0.25, 0.3) is 0 Å². The highest BCUT2D eigenvalue weighted by Gasteiger charge is 2.15. The molecule has 1 rings (SSSR count). The number of likely N-dealkylation sites (N-methyl/N-ethyl adjacent to an activating group) is 1. The van der Waals surface area contributed by atoms with Gasteiger partial charge in [0.15, 0.2) is 11.5 Å². The van der Waals surface area contributed by atoms with Gasteiger partial charge in [0.1, 0.15) is 0 Å². The molecule has 0 radical (unpaired) electrons. The summed E-state index contributed by atoms with van der Waals surface area (Å²) < 4.78 is 0. The van der Waals surface area contributed by atoms with Crippen molar-refractivity contribution in [2.75, 3.05) is 27.2 Å². The summed E-state index contributed by atoms with van der Waals surface area (Å²) in [5.41, 5.74) is 0.140. The third-order valence-corrected chi connectivity index (χ3v) is 2.57. The molecule has 0 saturated carbocycles. The highest BCUT2D eigenvalue weighted by atomic mass is 35.5. The molecule has 0 aliphatic carbocycles. The van der Waals surface area contributed by atoms with Gasteiger partial charge in [0.25, 0.3) is 5.91 Å². The van der Waals surface area contributed by atoms with Crippen molar-refractivity contribution in [2.24, 2.45) is 0 Å². The lowest BCUT2D eigenvalue weighted by Gasteiger charge is -2.11. The number of benzene rings is 1. The van der Waals surface area contributed by atoms with E-state index in [2.05, 4.69) is 5.32 Å². The van der Waals surface area contributed by atoms with Gasteiger partial charge >= 0.3 is 0 Å². The second-order valence-electron chi connectivity index (χ2n) is 3.85. The van der Waals surface area contributed by atoms with Gasteiger partial charge in [0.2, 0.25) is 0 Å². The van der Waals surface area contributed by atoms with Crippen LogP contribution in [0.15, 0.2) is 12.1 Å². The first-order valence-corrected chi connectivity index (χ1v) is 5.44. The lowest BCUT2D eigenvalue weighted by molar-refractivity contribution is 0.0951. The Balaban J connectivity index is 2.73. The normalized spacial score (nSPS) is 10.6. The van der Waals surface area contributed by atoms with E-state index in [9.17, 15) is 15.0 Å². The number of nitrogens with zero attached hydrogens (tertiary/aromatic N) is 1. The van der Waals surface area contributed by atoms with E-state index in [4.69, 9.17) is 11.6 Å². The molecule has 0 atom stereocenters. The van der Waals surface area contributed by atoms with Gasteiger partial charge in [0, 0.05) is 13.1 Å². The number of rotatable bonds is 4. The van der Waals surface area contributed by atoms with Crippen molar-refractivity contribution in [1.82, 2.24) is 10.2 Å². The van der Waals surface area contributed by atoms with E-state index in [0.29, 0.717) is 13.1 Å². The van der Waals surface area contributed by atoms with Crippen LogP contribution in [0.4, 0.5) is 0 Å². The summed E-state index contributed by atoms with van der Waals surface area (Å²) in [5, 5.41) is 21.1. The number of amides is 1. The molecule has 17 heavy (non-hydrogen) atoms. The van der Waals surface area contributed by atoms with Crippen LogP contribution in [0.3, 0.4) is 0 Å². The van der Waals surface area contributed by atoms with E-state index in [-0.39, 0.29) is 22.2 Å². The zero-order valence-electron chi connectivity index (χ0n) is 9.70. The smallest absolute Gasteiger partial charge is 0.252 e. The molecule has 0 spiro atoms. The van der Waals surface area contributed by atoms with E-state index in [1.165, 1.54) is 12.1 Å². The monoisotopic (exact) mass is 258 g/mol. The van der Waals surface area contributed by atoms with Crippen molar-refractivity contribution >= 4 is 17.5 Å². The van der Waals surface area contributed by atoms with Crippen molar-refractivity contribution < 1.29 is 15.0 Å². The van der Waals surface area contributed by atoms with Gasteiger partial charge in [-0.25, -0.2) is 0 Å². The molecule has 1 aromatic carbocycles. The highest BCUT2D eigenvalue weighted by molar-refractivity contribution is 6.35. The van der Waals surface area contributed by atoms with Gasteiger partial charge in [-0.15, -0.1) is 0 Å². The van der Waals surface area contributed by atoms with Crippen LogP contribution in [-0.4, -0.2) is 48.2 Å². The van der Waals surface area contributed by atoms with Crippen molar-refractivity contribution in [1.29, 1.82) is 0 Å². The van der Waals surface area contributed by atoms with Gasteiger partial charge in [-0.1, -0.05) is 11.6 Å². The molecule has 0 heterocycles. The number of carbonyl (C=O) groups excluding carboxylic acids is 1. The lowest BCUT2D eigenvalue weighted by atomic mass is 10.2. The molecular weight excluding hydrogens is 244 g/mol. The van der Waals surface area contributed by atoms with Crippen molar-refractivity contribution in [3.05, 3.63) is 22.7 Å². The molecule has 94 valence electrons. The second-order valence-corrected chi connectivity index (χ2v) is 4.23. The number of nitrogens with one attached hydrogen (secondary N) is 1. The fraction of sp³-hybridized carbons (Fsp3) is 0.364. The van der Waals surface area contributed by atoms with E-state index >= 15 is 0 Å². The van der Waals surface area contributed by atoms with Crippen LogP contribution in [-0.2, 0) is 0 Å². The third-order valence-electron chi connectivity index (χ3n) is 2.18. The minimum atomic E-state index is -0.480. The molecule has 3 N–H and O–H groups in total. The molecule has 0 unspecified atom stereocenters. The summed E-state index contributed by atoms with van der Waals surface area (Å²) in [6.45, 7) is 1.18. The molecule has 0 saturated heterocycles. The highest BCUT2D eigenvalue weighted by Crippen LogP contribution is 2.35. The minimum Gasteiger partial charge on any atom is -0.504 e. The maximum absolute atomic E-state index is 11.7. The van der Waals surface area contributed by atoms with E-state index in [0.717, 1.165) is 0 Å². The first-order valence-electron chi connectivity index (χ1n) is 5.07. The Labute approximate surface area is 105 Å². The van der Waals surface area contributed by atoms with E-state index in [1.54, 1.807) is 0 Å². The fourth-order valence-electron chi connectivity index (χ4n) is 1.22. The van der Waals surface area contributed by atoms with Crippen molar-refractivity contribution in [3.8, 4) is 11.5 Å². The summed E-state index contributed by atoms with van der Waals surface area (Å²) in [5.74, 6) is -1.21. The number of hydrogen-bond acceptors (Lipinski definition) is 4. The van der Waals surface area contributed by atoms with Crippen LogP contribution in [0.1, 0.15) is 10.4 Å². The van der Waals surface area contributed by atoms with Gasteiger partial charge in [0.05, 0.1) is 10.6 Å². The Kier molecular flexibility index (Phi) is 4.60. The van der Waals surface area contributed by atoms with E-state index < -0.39 is 5.75 Å². The Bertz CT molecular complexity index is 421. The Hall–Kier alpha value is -1.46. The predicted octanol–water partition coefficient (Wildman–Crippen LogP) is 1.04. The average molecular weight is 259 g/mol. The zero-order valence-corrected chi connectivity index (χ0v) is 10.5. The average Bonchev–Trinajstić information content (AvgIpc) is 2.25. The number of phenols is 2. The largest absolute Gasteiger partial charge is 0.504 e. The summed E-state index contributed by atoms with van der Waals surface area (Å²) in [4.78, 5) is 13.6. The molecule has 0 aromatic heterocycles. The summed E-state index contributed by atoms with van der Waals surface area (Å²) in [7, 11) is 3.79. The number of carbonyl (C=O) groups is 1. The Morgan fingerprint density at radius 3 is 2.65 bits per heavy atom. The lowest BCUT2D eigenvalue weighted by Crippen LogP contribution is -2.31. The molecule has 0 fully saturated rings. The number of halogens is 1. The molecule has 1 aromatic rings. The molecular formula is C11H15ClN2O3. The number of hydrogen-bond donors (Lipinski definition) is 3. The van der Waals surface area contributed by atoms with Crippen LogP contribution >= 0.6 is 11.6 Å². The Morgan fingerprint density at radius 1 is 1.41 bits per heavy atom. The van der Waals surface area contributed by atoms with Crippen molar-refractivity contribution in [2.45, 2.75) is 0 Å². The van der Waals surface area contributed by atoms with Crippen LogP contribution in [0, 0.1) is 0 Å². The zero-order chi connectivity index (χ0) is 13.0. The number of aromatic hydroxyl groups is 2. The maximum Gasteiger partial charge on any atom is 0.252 e. The number of phenolic OH excluding ortho intramolecular Hbond substituents is 2. The van der Waals surface area contributed by atoms with Crippen molar-refractivity contribution in [3.63, 3.8) is 0 Å². The Morgan fingerprint density at radius 2 is 2.06 bits per heavy atom. The topological polar surface area (TPSA) is 72.8 Å². The quantitative estimate of drug-likeness (QED) is 0.706. The van der Waals surface area contributed by atoms with E-state index in [1.807, 2.05) is 19.0 Å². The third kappa shape index (κ3) is 3.51. The minimum absolute atomic E-state index is 0.140. The van der Waals surface area contributed by atoms with Gasteiger partial charge in [-0.05, 0) is 26.2 Å².